The number of halogens is 1. The molecule has 0 spiro atoms. The molecule has 2 heterocycles. The number of rotatable bonds is 6. The van der Waals surface area contributed by atoms with E-state index in [4.69, 9.17) is 16.3 Å². The second-order valence-electron chi connectivity index (χ2n) is 5.74. The van der Waals surface area contributed by atoms with Gasteiger partial charge in [-0.3, -0.25) is 19.6 Å². The third-order valence-electron chi connectivity index (χ3n) is 3.82. The van der Waals surface area contributed by atoms with Crippen molar-refractivity contribution in [1.29, 1.82) is 0 Å². The van der Waals surface area contributed by atoms with Crippen molar-refractivity contribution in [3.63, 3.8) is 0 Å². The first-order valence-corrected chi connectivity index (χ1v) is 8.73. The van der Waals surface area contributed by atoms with Gasteiger partial charge in [0, 0.05) is 23.6 Å². The van der Waals surface area contributed by atoms with E-state index in [-0.39, 0.29) is 18.1 Å². The number of ether oxygens (including phenoxy) is 1. The van der Waals surface area contributed by atoms with Crippen molar-refractivity contribution in [2.45, 2.75) is 6.54 Å². The maximum Gasteiger partial charge on any atom is 0.274 e. The van der Waals surface area contributed by atoms with Crippen molar-refractivity contribution in [2.75, 3.05) is 12.4 Å². The molecule has 0 aliphatic heterocycles. The molecule has 1 aromatic carbocycles. The molecule has 2 amide bonds. The Hall–Kier alpha value is -3.45. The minimum atomic E-state index is -0.458. The molecule has 28 heavy (non-hydrogen) atoms. The van der Waals surface area contributed by atoms with E-state index in [1.54, 1.807) is 30.5 Å². The molecule has 2 N–H and O–H groups in total. The normalized spacial score (nSPS) is 10.2. The highest BCUT2D eigenvalue weighted by Gasteiger charge is 2.13. The smallest absolute Gasteiger partial charge is 0.274 e. The summed E-state index contributed by atoms with van der Waals surface area (Å²) < 4.78 is 5.08. The molecule has 8 heteroatoms. The predicted molar refractivity (Wildman–Crippen MR) is 106 cm³/mol. The molecule has 7 nitrogen and oxygen atoms in total. The molecule has 0 saturated heterocycles. The van der Waals surface area contributed by atoms with Crippen molar-refractivity contribution in [3.05, 3.63) is 82.9 Å². The molecular formula is C20H17ClN4O3. The Kier molecular flexibility index (Phi) is 6.18. The Morgan fingerprint density at radius 3 is 2.61 bits per heavy atom. The fourth-order valence-corrected chi connectivity index (χ4v) is 2.67. The topological polar surface area (TPSA) is 93.2 Å². The molecule has 0 fully saturated rings. The number of hydrogen-bond acceptors (Lipinski definition) is 5. The summed E-state index contributed by atoms with van der Waals surface area (Å²) in [5.74, 6) is -0.278. The van der Waals surface area contributed by atoms with Crippen LogP contribution in [0.4, 0.5) is 5.69 Å². The largest absolute Gasteiger partial charge is 0.495 e. The van der Waals surface area contributed by atoms with Gasteiger partial charge in [-0.05, 0) is 42.5 Å². The van der Waals surface area contributed by atoms with Crippen LogP contribution < -0.4 is 15.4 Å². The number of carbonyl (C=O) groups is 2. The zero-order valence-corrected chi connectivity index (χ0v) is 15.7. The van der Waals surface area contributed by atoms with Gasteiger partial charge in [-0.1, -0.05) is 17.7 Å². The molecule has 3 aromatic rings. The molecule has 0 bridgehead atoms. The average Bonchev–Trinajstić information content (AvgIpc) is 2.73. The van der Waals surface area contributed by atoms with E-state index >= 15 is 0 Å². The highest BCUT2D eigenvalue weighted by atomic mass is 35.5. The summed E-state index contributed by atoms with van der Waals surface area (Å²) in [6.45, 7) is 0.286. The molecule has 0 atom stereocenters. The summed E-state index contributed by atoms with van der Waals surface area (Å²) >= 11 is 6.06. The minimum absolute atomic E-state index is 0.109. The van der Waals surface area contributed by atoms with E-state index in [0.29, 0.717) is 22.0 Å². The van der Waals surface area contributed by atoms with Gasteiger partial charge >= 0.3 is 0 Å². The Bertz CT molecular complexity index is 996. The molecule has 142 valence electrons. The minimum Gasteiger partial charge on any atom is -0.495 e. The summed E-state index contributed by atoms with van der Waals surface area (Å²) in [6.07, 6.45) is 3.06. The summed E-state index contributed by atoms with van der Waals surface area (Å²) in [6, 6.07) is 13.3. The zero-order chi connectivity index (χ0) is 19.9. The number of aromatic nitrogens is 2. The molecule has 0 radical (unpaired) electrons. The number of anilines is 1. The number of carbonyl (C=O) groups excluding carboxylic acids is 2. The van der Waals surface area contributed by atoms with Crippen LogP contribution in [0.1, 0.15) is 26.5 Å². The zero-order valence-electron chi connectivity index (χ0n) is 15.0. The van der Waals surface area contributed by atoms with Crippen LogP contribution in [0.15, 0.2) is 60.9 Å². The molecule has 0 unspecified atom stereocenters. The number of nitrogens with one attached hydrogen (secondary N) is 2. The Morgan fingerprint density at radius 1 is 1.04 bits per heavy atom. The van der Waals surface area contributed by atoms with E-state index in [1.165, 1.54) is 25.4 Å². The van der Waals surface area contributed by atoms with Crippen LogP contribution in [-0.2, 0) is 6.54 Å². The standard InChI is InChI=1S/C20H17ClN4O3/c1-28-18-6-5-14(11-16(18)21)25-20(27)17-10-13(7-9-23-17)19(26)24-12-15-4-2-3-8-22-15/h2-11H,12H2,1H3,(H,24,26)(H,25,27). The molecule has 0 aliphatic carbocycles. The lowest BCUT2D eigenvalue weighted by atomic mass is 10.2. The van der Waals surface area contributed by atoms with Gasteiger partial charge in [0.2, 0.25) is 0 Å². The van der Waals surface area contributed by atoms with Gasteiger partial charge in [-0.15, -0.1) is 0 Å². The monoisotopic (exact) mass is 396 g/mol. The molecule has 3 rings (SSSR count). The van der Waals surface area contributed by atoms with E-state index in [0.717, 1.165) is 5.69 Å². The third kappa shape index (κ3) is 4.83. The van der Waals surface area contributed by atoms with Gasteiger partial charge < -0.3 is 15.4 Å². The Balaban J connectivity index is 1.67. The van der Waals surface area contributed by atoms with Crippen LogP contribution in [0.25, 0.3) is 0 Å². The van der Waals surface area contributed by atoms with Gasteiger partial charge in [0.25, 0.3) is 11.8 Å². The van der Waals surface area contributed by atoms with Crippen LogP contribution in [0, 0.1) is 0 Å². The maximum absolute atomic E-state index is 12.4. The van der Waals surface area contributed by atoms with Crippen molar-refractivity contribution in [3.8, 4) is 5.75 Å². The Morgan fingerprint density at radius 2 is 1.89 bits per heavy atom. The van der Waals surface area contributed by atoms with Gasteiger partial charge in [0.05, 0.1) is 24.4 Å². The lowest BCUT2D eigenvalue weighted by Gasteiger charge is -2.09. The Labute approximate surface area is 166 Å². The molecule has 2 aromatic heterocycles. The first-order valence-electron chi connectivity index (χ1n) is 8.36. The SMILES string of the molecule is COc1ccc(NC(=O)c2cc(C(=O)NCc3ccccn3)ccn2)cc1Cl. The third-order valence-corrected chi connectivity index (χ3v) is 4.12. The summed E-state index contributed by atoms with van der Waals surface area (Å²) in [5.41, 5.74) is 1.66. The van der Waals surface area contributed by atoms with Crippen LogP contribution in [-0.4, -0.2) is 28.9 Å². The fourth-order valence-electron chi connectivity index (χ4n) is 2.41. The van der Waals surface area contributed by atoms with Crippen LogP contribution in [0.3, 0.4) is 0 Å². The van der Waals surface area contributed by atoms with Gasteiger partial charge in [-0.25, -0.2) is 0 Å². The second-order valence-corrected chi connectivity index (χ2v) is 6.14. The quantitative estimate of drug-likeness (QED) is 0.666. The molecule has 0 aliphatic rings. The summed E-state index contributed by atoms with van der Waals surface area (Å²) in [5, 5.41) is 5.82. The lowest BCUT2D eigenvalue weighted by Crippen LogP contribution is -2.24. The van der Waals surface area contributed by atoms with E-state index in [1.807, 2.05) is 12.1 Å². The number of methoxy groups -OCH3 is 1. The number of benzene rings is 1. The number of amides is 2. The molecular weight excluding hydrogens is 380 g/mol. The predicted octanol–water partition coefficient (Wildman–Crippen LogP) is 3.32. The first kappa shape index (κ1) is 19.3. The van der Waals surface area contributed by atoms with Crippen LogP contribution >= 0.6 is 11.6 Å². The summed E-state index contributed by atoms with van der Waals surface area (Å²) in [4.78, 5) is 33.0. The highest BCUT2D eigenvalue weighted by molar-refractivity contribution is 6.32. The number of nitrogens with zero attached hydrogens (tertiary/aromatic N) is 2. The van der Waals surface area contributed by atoms with E-state index in [9.17, 15) is 9.59 Å². The van der Waals surface area contributed by atoms with Crippen molar-refractivity contribution in [1.82, 2.24) is 15.3 Å². The van der Waals surface area contributed by atoms with Crippen LogP contribution in [0.5, 0.6) is 5.75 Å². The highest BCUT2D eigenvalue weighted by Crippen LogP contribution is 2.27. The van der Waals surface area contributed by atoms with Gasteiger partial charge in [-0.2, -0.15) is 0 Å². The van der Waals surface area contributed by atoms with Crippen molar-refractivity contribution >= 4 is 29.1 Å². The van der Waals surface area contributed by atoms with E-state index in [2.05, 4.69) is 20.6 Å². The first-order chi connectivity index (χ1) is 13.6. The molecule has 0 saturated carbocycles. The average molecular weight is 397 g/mol. The number of pyridine rings is 2. The van der Waals surface area contributed by atoms with Gasteiger partial charge in [0.1, 0.15) is 11.4 Å². The van der Waals surface area contributed by atoms with Crippen LogP contribution in [0.2, 0.25) is 5.02 Å². The summed E-state index contributed by atoms with van der Waals surface area (Å²) in [7, 11) is 1.51. The van der Waals surface area contributed by atoms with Crippen molar-refractivity contribution < 1.29 is 14.3 Å². The number of hydrogen-bond donors (Lipinski definition) is 2. The second kappa shape index (κ2) is 8.96. The lowest BCUT2D eigenvalue weighted by molar-refractivity contribution is 0.0950. The van der Waals surface area contributed by atoms with Crippen molar-refractivity contribution in [2.24, 2.45) is 0 Å². The maximum atomic E-state index is 12.4. The fraction of sp³-hybridized carbons (Fsp3) is 0.100. The van der Waals surface area contributed by atoms with E-state index < -0.39 is 5.91 Å². The van der Waals surface area contributed by atoms with Gasteiger partial charge in [0.15, 0.2) is 0 Å².